The molecule has 0 bridgehead atoms. The molecule has 0 amide bonds. The van der Waals surface area contributed by atoms with Gasteiger partial charge in [0.15, 0.2) is 0 Å². The van der Waals surface area contributed by atoms with Gasteiger partial charge in [0.05, 0.1) is 0 Å². The van der Waals surface area contributed by atoms with Crippen molar-refractivity contribution in [3.63, 3.8) is 0 Å². The van der Waals surface area contributed by atoms with E-state index >= 15 is 0 Å². The monoisotopic (exact) mass is 275 g/mol. The molecule has 0 spiro atoms. The second kappa shape index (κ2) is 5.75. The smallest absolute Gasteiger partial charge is 0.330 e. The number of benzene rings is 1. The standard InChI is InChI=1S/C14H17N3O3/c1-16-9-11(13(19)17(2)14(16)20)8-15-7-10-5-3-4-6-12(10)18/h3-6,9,15,18H,7-8H2,1-2H3. The Morgan fingerprint density at radius 1 is 1.10 bits per heavy atom. The van der Waals surface area contributed by atoms with Crippen molar-refractivity contribution in [1.29, 1.82) is 0 Å². The number of nitrogens with one attached hydrogen (secondary N) is 1. The minimum Gasteiger partial charge on any atom is -0.508 e. The Balaban J connectivity index is 2.11. The number of nitrogens with zero attached hydrogens (tertiary/aromatic N) is 2. The zero-order valence-corrected chi connectivity index (χ0v) is 11.5. The van der Waals surface area contributed by atoms with Gasteiger partial charge >= 0.3 is 5.69 Å². The number of para-hydroxylation sites is 1. The highest BCUT2D eigenvalue weighted by molar-refractivity contribution is 5.31. The van der Waals surface area contributed by atoms with Crippen LogP contribution in [-0.4, -0.2) is 14.2 Å². The summed E-state index contributed by atoms with van der Waals surface area (Å²) in [6.45, 7) is 0.772. The number of phenolic OH excluding ortho intramolecular Hbond substituents is 1. The summed E-state index contributed by atoms with van der Waals surface area (Å²) < 4.78 is 2.45. The summed E-state index contributed by atoms with van der Waals surface area (Å²) in [6.07, 6.45) is 1.53. The van der Waals surface area contributed by atoms with E-state index in [4.69, 9.17) is 0 Å². The second-order valence-electron chi connectivity index (χ2n) is 4.64. The van der Waals surface area contributed by atoms with Crippen molar-refractivity contribution < 1.29 is 5.11 Å². The maximum absolute atomic E-state index is 11.9. The molecule has 2 aromatic rings. The lowest BCUT2D eigenvalue weighted by Crippen LogP contribution is -2.39. The first-order chi connectivity index (χ1) is 9.50. The normalized spacial score (nSPS) is 10.7. The van der Waals surface area contributed by atoms with Crippen molar-refractivity contribution in [1.82, 2.24) is 14.5 Å². The Hall–Kier alpha value is -2.34. The van der Waals surface area contributed by atoms with Gasteiger partial charge in [0.1, 0.15) is 5.75 Å². The highest BCUT2D eigenvalue weighted by Crippen LogP contribution is 2.14. The molecule has 0 saturated heterocycles. The Morgan fingerprint density at radius 3 is 2.45 bits per heavy atom. The molecular weight excluding hydrogens is 258 g/mol. The number of aromatic hydroxyl groups is 1. The van der Waals surface area contributed by atoms with Gasteiger partial charge in [-0.2, -0.15) is 0 Å². The topological polar surface area (TPSA) is 76.3 Å². The van der Waals surface area contributed by atoms with E-state index in [9.17, 15) is 14.7 Å². The van der Waals surface area contributed by atoms with Gasteiger partial charge in [-0.25, -0.2) is 4.79 Å². The zero-order valence-electron chi connectivity index (χ0n) is 11.5. The summed E-state index contributed by atoms with van der Waals surface area (Å²) in [6, 6.07) is 7.01. The van der Waals surface area contributed by atoms with Crippen LogP contribution in [0.15, 0.2) is 40.1 Å². The number of hydrogen-bond donors (Lipinski definition) is 2. The first-order valence-electron chi connectivity index (χ1n) is 6.24. The fourth-order valence-corrected chi connectivity index (χ4v) is 2.00. The largest absolute Gasteiger partial charge is 0.508 e. The van der Waals surface area contributed by atoms with Gasteiger partial charge in [-0.15, -0.1) is 0 Å². The van der Waals surface area contributed by atoms with Crippen LogP contribution in [0.5, 0.6) is 5.75 Å². The van der Waals surface area contributed by atoms with Crippen LogP contribution in [0.4, 0.5) is 0 Å². The highest BCUT2D eigenvalue weighted by atomic mass is 16.3. The average Bonchev–Trinajstić information content (AvgIpc) is 2.44. The molecule has 0 aliphatic heterocycles. The Morgan fingerprint density at radius 2 is 1.75 bits per heavy atom. The maximum Gasteiger partial charge on any atom is 0.330 e. The zero-order chi connectivity index (χ0) is 14.7. The van der Waals surface area contributed by atoms with Crippen LogP contribution in [-0.2, 0) is 27.2 Å². The molecule has 0 radical (unpaired) electrons. The fraction of sp³-hybridized carbons (Fsp3) is 0.286. The third-order valence-corrected chi connectivity index (χ3v) is 3.14. The molecular formula is C14H17N3O3. The third kappa shape index (κ3) is 2.80. The summed E-state index contributed by atoms with van der Waals surface area (Å²) in [5.74, 6) is 0.216. The lowest BCUT2D eigenvalue weighted by atomic mass is 10.2. The van der Waals surface area contributed by atoms with Crippen LogP contribution in [0, 0.1) is 0 Å². The summed E-state index contributed by atoms with van der Waals surface area (Å²) >= 11 is 0. The maximum atomic E-state index is 11.9. The van der Waals surface area contributed by atoms with Crippen LogP contribution >= 0.6 is 0 Å². The van der Waals surface area contributed by atoms with E-state index in [-0.39, 0.29) is 17.0 Å². The van der Waals surface area contributed by atoms with E-state index in [0.717, 1.165) is 10.1 Å². The summed E-state index contributed by atoms with van der Waals surface area (Å²) in [4.78, 5) is 23.5. The van der Waals surface area contributed by atoms with Crippen molar-refractivity contribution in [2.24, 2.45) is 14.1 Å². The molecule has 2 rings (SSSR count). The predicted molar refractivity (Wildman–Crippen MR) is 75.6 cm³/mol. The van der Waals surface area contributed by atoms with Crippen LogP contribution < -0.4 is 16.6 Å². The average molecular weight is 275 g/mol. The molecule has 2 N–H and O–H groups in total. The van der Waals surface area contributed by atoms with Crippen molar-refractivity contribution in [2.45, 2.75) is 13.1 Å². The van der Waals surface area contributed by atoms with E-state index in [1.54, 1.807) is 25.2 Å². The molecule has 1 heterocycles. The molecule has 0 fully saturated rings. The fourth-order valence-electron chi connectivity index (χ4n) is 2.00. The van der Waals surface area contributed by atoms with Crippen molar-refractivity contribution in [3.05, 3.63) is 62.4 Å². The third-order valence-electron chi connectivity index (χ3n) is 3.14. The molecule has 1 aromatic carbocycles. The molecule has 6 nitrogen and oxygen atoms in total. The lowest BCUT2D eigenvalue weighted by molar-refractivity contribution is 0.464. The Kier molecular flexibility index (Phi) is 4.05. The Labute approximate surface area is 115 Å². The predicted octanol–water partition coefficient (Wildman–Crippen LogP) is 0.0794. The SMILES string of the molecule is Cn1cc(CNCc2ccccc2O)c(=O)n(C)c1=O. The van der Waals surface area contributed by atoms with E-state index in [1.165, 1.54) is 17.8 Å². The summed E-state index contributed by atoms with van der Waals surface area (Å²) in [5, 5.41) is 12.7. The molecule has 0 saturated carbocycles. The summed E-state index contributed by atoms with van der Waals surface area (Å²) in [7, 11) is 3.06. The van der Waals surface area contributed by atoms with Gasteiger partial charge in [-0.1, -0.05) is 18.2 Å². The van der Waals surface area contributed by atoms with Crippen LogP contribution in [0.25, 0.3) is 0 Å². The molecule has 0 aliphatic carbocycles. The van der Waals surface area contributed by atoms with Gasteiger partial charge in [0.2, 0.25) is 0 Å². The number of aryl methyl sites for hydroxylation is 1. The summed E-state index contributed by atoms with van der Waals surface area (Å²) in [5.41, 5.74) is 0.608. The second-order valence-corrected chi connectivity index (χ2v) is 4.64. The van der Waals surface area contributed by atoms with Gasteiger partial charge in [0, 0.05) is 44.5 Å². The van der Waals surface area contributed by atoms with Gasteiger partial charge < -0.3 is 15.0 Å². The van der Waals surface area contributed by atoms with E-state index < -0.39 is 0 Å². The number of rotatable bonds is 4. The van der Waals surface area contributed by atoms with E-state index in [0.29, 0.717) is 18.7 Å². The molecule has 106 valence electrons. The van der Waals surface area contributed by atoms with Crippen LogP contribution in [0.2, 0.25) is 0 Å². The van der Waals surface area contributed by atoms with Crippen molar-refractivity contribution in [3.8, 4) is 5.75 Å². The van der Waals surface area contributed by atoms with Gasteiger partial charge in [-0.3, -0.25) is 9.36 Å². The van der Waals surface area contributed by atoms with E-state index in [1.807, 2.05) is 6.07 Å². The number of hydrogen-bond acceptors (Lipinski definition) is 4. The van der Waals surface area contributed by atoms with Crippen LogP contribution in [0.3, 0.4) is 0 Å². The van der Waals surface area contributed by atoms with E-state index in [2.05, 4.69) is 5.32 Å². The lowest BCUT2D eigenvalue weighted by Gasteiger charge is -2.09. The van der Waals surface area contributed by atoms with Crippen molar-refractivity contribution in [2.75, 3.05) is 0 Å². The number of aromatic nitrogens is 2. The molecule has 0 unspecified atom stereocenters. The van der Waals surface area contributed by atoms with Gasteiger partial charge in [-0.05, 0) is 6.07 Å². The molecule has 6 heteroatoms. The minimum absolute atomic E-state index is 0.216. The first-order valence-corrected chi connectivity index (χ1v) is 6.24. The minimum atomic E-state index is -0.348. The molecule has 20 heavy (non-hydrogen) atoms. The first kappa shape index (κ1) is 14.1. The Bertz CT molecular complexity index is 731. The quantitative estimate of drug-likeness (QED) is 0.828. The molecule has 1 aromatic heterocycles. The van der Waals surface area contributed by atoms with Crippen molar-refractivity contribution >= 4 is 0 Å². The highest BCUT2D eigenvalue weighted by Gasteiger charge is 2.06. The van der Waals surface area contributed by atoms with Crippen LogP contribution in [0.1, 0.15) is 11.1 Å². The number of phenols is 1. The van der Waals surface area contributed by atoms with Gasteiger partial charge in [0.25, 0.3) is 5.56 Å². The molecule has 0 atom stereocenters. The molecule has 0 aliphatic rings.